The molecule has 2 fully saturated rings. The van der Waals surface area contributed by atoms with Gasteiger partial charge in [-0.3, -0.25) is 4.79 Å². The molecule has 2 saturated carbocycles. The Kier molecular flexibility index (Phi) is 5.90. The second-order valence-corrected chi connectivity index (χ2v) is 7.41. The Morgan fingerprint density at radius 2 is 1.72 bits per heavy atom. The van der Waals surface area contributed by atoms with Crippen LogP contribution in [0.4, 0.5) is 0 Å². The molecule has 2 aliphatic carbocycles. The summed E-state index contributed by atoms with van der Waals surface area (Å²) in [7, 11) is 1.51. The van der Waals surface area contributed by atoms with Crippen molar-refractivity contribution < 1.29 is 4.79 Å². The molecule has 0 amide bonds. The predicted molar refractivity (Wildman–Crippen MR) is 82.2 cm³/mol. The lowest BCUT2D eigenvalue weighted by atomic mass is 9.94. The summed E-state index contributed by atoms with van der Waals surface area (Å²) < 4.78 is 0. The van der Waals surface area contributed by atoms with Crippen molar-refractivity contribution in [3.63, 3.8) is 0 Å². The maximum absolute atomic E-state index is 12.6. The molecule has 2 aliphatic rings. The van der Waals surface area contributed by atoms with Crippen molar-refractivity contribution in [2.45, 2.75) is 75.6 Å². The van der Waals surface area contributed by atoms with Gasteiger partial charge in [0.25, 0.3) is 0 Å². The van der Waals surface area contributed by atoms with Crippen molar-refractivity contribution >= 4 is 28.2 Å². The van der Waals surface area contributed by atoms with Crippen LogP contribution in [0.25, 0.3) is 0 Å². The van der Waals surface area contributed by atoms with Crippen LogP contribution < -0.4 is 5.32 Å². The zero-order chi connectivity index (χ0) is 13.0. The smallest absolute Gasteiger partial charge is 0.153 e. The molecule has 0 aromatic rings. The molecule has 2 rings (SSSR count). The van der Waals surface area contributed by atoms with Crippen molar-refractivity contribution in [2.24, 2.45) is 5.92 Å². The quantitative estimate of drug-likeness (QED) is 0.577. The third-order valence-electron chi connectivity index (χ3n) is 4.47. The summed E-state index contributed by atoms with van der Waals surface area (Å²) in [6.45, 7) is 2.12. The maximum Gasteiger partial charge on any atom is 0.153 e. The molecule has 0 bridgehead atoms. The molecule has 4 heteroatoms. The summed E-state index contributed by atoms with van der Waals surface area (Å²) >= 11 is 4.31. The van der Waals surface area contributed by atoms with Crippen LogP contribution in [-0.4, -0.2) is 23.1 Å². The van der Waals surface area contributed by atoms with E-state index in [0.717, 1.165) is 12.8 Å². The molecule has 0 aromatic carbocycles. The lowest BCUT2D eigenvalue weighted by Crippen LogP contribution is -2.49. The molecular weight excluding hydrogens is 262 g/mol. The van der Waals surface area contributed by atoms with E-state index in [-0.39, 0.29) is 11.3 Å². The van der Waals surface area contributed by atoms with Gasteiger partial charge < -0.3 is 5.32 Å². The van der Waals surface area contributed by atoms with Crippen LogP contribution in [0.5, 0.6) is 0 Å². The Morgan fingerprint density at radius 1 is 1.17 bits per heavy atom. The average Bonchev–Trinajstić information content (AvgIpc) is 3.06. The van der Waals surface area contributed by atoms with Gasteiger partial charge in [0.2, 0.25) is 0 Å². The fourth-order valence-electron chi connectivity index (χ4n) is 3.32. The Hall–Kier alpha value is 0.330. The third kappa shape index (κ3) is 3.67. The van der Waals surface area contributed by atoms with E-state index in [4.69, 9.17) is 0 Å². The molecule has 0 spiro atoms. The summed E-state index contributed by atoms with van der Waals surface area (Å²) in [5.74, 6) is 0.764. The highest BCUT2D eigenvalue weighted by atomic mass is 33.1. The van der Waals surface area contributed by atoms with Gasteiger partial charge in [-0.25, -0.2) is 0 Å². The van der Waals surface area contributed by atoms with Crippen molar-refractivity contribution in [1.82, 2.24) is 5.32 Å². The molecular formula is C14H25NOS2. The SMILES string of the molecule is CC(SS)C(NC1CCCC1)C(=O)C1CCCC1. The van der Waals surface area contributed by atoms with Gasteiger partial charge in [-0.15, -0.1) is 11.7 Å². The molecule has 0 heterocycles. The van der Waals surface area contributed by atoms with E-state index in [1.165, 1.54) is 49.3 Å². The van der Waals surface area contributed by atoms with Crippen LogP contribution in [0, 0.1) is 5.92 Å². The van der Waals surface area contributed by atoms with Gasteiger partial charge in [-0.05, 0) is 25.7 Å². The largest absolute Gasteiger partial charge is 0.304 e. The van der Waals surface area contributed by atoms with Crippen molar-refractivity contribution in [3.05, 3.63) is 0 Å². The Morgan fingerprint density at radius 3 is 2.28 bits per heavy atom. The van der Waals surface area contributed by atoms with Crippen molar-refractivity contribution in [2.75, 3.05) is 0 Å². The summed E-state index contributed by atoms with van der Waals surface area (Å²) in [6.07, 6.45) is 9.76. The number of hydrogen-bond acceptors (Lipinski definition) is 4. The summed E-state index contributed by atoms with van der Waals surface area (Å²) in [6, 6.07) is 0.571. The van der Waals surface area contributed by atoms with E-state index in [2.05, 4.69) is 23.9 Å². The van der Waals surface area contributed by atoms with Crippen LogP contribution >= 0.6 is 22.5 Å². The summed E-state index contributed by atoms with van der Waals surface area (Å²) in [5, 5.41) is 3.89. The molecule has 18 heavy (non-hydrogen) atoms. The van der Waals surface area contributed by atoms with Gasteiger partial charge in [0.15, 0.2) is 5.78 Å². The zero-order valence-corrected chi connectivity index (χ0v) is 12.9. The number of rotatable bonds is 6. The molecule has 104 valence electrons. The van der Waals surface area contributed by atoms with Gasteiger partial charge in [-0.2, -0.15) is 0 Å². The molecule has 2 atom stereocenters. The number of thiol groups is 1. The second-order valence-electron chi connectivity index (χ2n) is 5.82. The minimum Gasteiger partial charge on any atom is -0.304 e. The first kappa shape index (κ1) is 14.7. The number of Topliss-reactive ketones (excluding diaryl/α,β-unsaturated/α-hetero) is 1. The van der Waals surface area contributed by atoms with Gasteiger partial charge in [0.1, 0.15) is 0 Å². The fraction of sp³-hybridized carbons (Fsp3) is 0.929. The van der Waals surface area contributed by atoms with E-state index >= 15 is 0 Å². The Balaban J connectivity index is 1.96. The van der Waals surface area contributed by atoms with Crippen LogP contribution in [0.2, 0.25) is 0 Å². The minimum atomic E-state index is 0.0127. The lowest BCUT2D eigenvalue weighted by Gasteiger charge is -2.28. The number of ketones is 1. The molecule has 2 unspecified atom stereocenters. The third-order valence-corrected chi connectivity index (χ3v) is 6.07. The standard InChI is InChI=1S/C14H25NOS2/c1-10(18-17)13(15-12-8-4-5-9-12)14(16)11-6-2-3-7-11/h10-13,15,17H,2-9H2,1H3. The molecule has 1 N–H and O–H groups in total. The van der Waals surface area contributed by atoms with E-state index in [0.29, 0.717) is 17.7 Å². The first-order valence-corrected chi connectivity index (χ1v) is 9.25. The van der Waals surface area contributed by atoms with Crippen LogP contribution in [-0.2, 0) is 4.79 Å². The van der Waals surface area contributed by atoms with Crippen LogP contribution in [0.15, 0.2) is 0 Å². The van der Waals surface area contributed by atoms with Gasteiger partial charge in [-0.1, -0.05) is 43.4 Å². The highest BCUT2D eigenvalue weighted by Gasteiger charge is 2.34. The van der Waals surface area contributed by atoms with E-state index in [1.807, 2.05) is 0 Å². The monoisotopic (exact) mass is 287 g/mol. The number of carbonyl (C=O) groups excluding carboxylic acids is 1. The predicted octanol–water partition coefficient (Wildman–Crippen LogP) is 3.61. The average molecular weight is 287 g/mol. The molecule has 0 aromatic heterocycles. The van der Waals surface area contributed by atoms with Gasteiger partial charge in [0, 0.05) is 17.2 Å². The summed E-state index contributed by atoms with van der Waals surface area (Å²) in [5.41, 5.74) is 0. The first-order chi connectivity index (χ1) is 8.72. The molecule has 0 saturated heterocycles. The normalized spacial score (nSPS) is 25.4. The van der Waals surface area contributed by atoms with E-state index < -0.39 is 0 Å². The minimum absolute atomic E-state index is 0.0127. The van der Waals surface area contributed by atoms with Crippen LogP contribution in [0.1, 0.15) is 58.3 Å². The maximum atomic E-state index is 12.6. The molecule has 2 nitrogen and oxygen atoms in total. The molecule has 0 radical (unpaired) electrons. The number of hydrogen-bond donors (Lipinski definition) is 2. The molecule has 0 aliphatic heterocycles. The topological polar surface area (TPSA) is 29.1 Å². The number of carbonyl (C=O) groups is 1. The van der Waals surface area contributed by atoms with E-state index in [1.54, 1.807) is 0 Å². The van der Waals surface area contributed by atoms with E-state index in [9.17, 15) is 4.79 Å². The highest BCUT2D eigenvalue weighted by Crippen LogP contribution is 2.30. The zero-order valence-electron chi connectivity index (χ0n) is 11.2. The van der Waals surface area contributed by atoms with Gasteiger partial charge in [0.05, 0.1) is 6.04 Å². The van der Waals surface area contributed by atoms with Crippen molar-refractivity contribution in [1.29, 1.82) is 0 Å². The van der Waals surface area contributed by atoms with Gasteiger partial charge >= 0.3 is 0 Å². The lowest BCUT2D eigenvalue weighted by molar-refractivity contribution is -0.124. The highest BCUT2D eigenvalue weighted by molar-refractivity contribution is 8.68. The van der Waals surface area contributed by atoms with Crippen LogP contribution in [0.3, 0.4) is 0 Å². The number of nitrogens with one attached hydrogen (secondary N) is 1. The summed E-state index contributed by atoms with van der Waals surface area (Å²) in [4.78, 5) is 12.6. The first-order valence-electron chi connectivity index (χ1n) is 7.32. The van der Waals surface area contributed by atoms with Crippen molar-refractivity contribution in [3.8, 4) is 0 Å². The Labute approximate surface area is 120 Å². The second kappa shape index (κ2) is 7.20. The Bertz CT molecular complexity index is 273. The fourth-order valence-corrected chi connectivity index (χ4v) is 4.02.